The maximum atomic E-state index is 13.2. The summed E-state index contributed by atoms with van der Waals surface area (Å²) in [4.78, 5) is 7.85. The molecular weight excluding hydrogens is 287 g/mol. The number of rotatable bonds is 2. The van der Waals surface area contributed by atoms with E-state index in [4.69, 9.17) is 5.26 Å². The summed E-state index contributed by atoms with van der Waals surface area (Å²) in [7, 11) is 0. The molecule has 2 rings (SSSR count). The molecule has 1 aromatic carbocycles. The fraction of sp³-hybridized carbons (Fsp3) is 0. The van der Waals surface area contributed by atoms with E-state index in [9.17, 15) is 4.39 Å². The zero-order valence-electron chi connectivity index (χ0n) is 8.48. The van der Waals surface area contributed by atoms with Crippen molar-refractivity contribution >= 4 is 27.6 Å². The van der Waals surface area contributed by atoms with Gasteiger partial charge in [-0.15, -0.1) is 0 Å². The number of nitrogens with one attached hydrogen (secondary N) is 1. The molecule has 1 heterocycles. The molecule has 0 saturated heterocycles. The molecule has 17 heavy (non-hydrogen) atoms. The van der Waals surface area contributed by atoms with Crippen molar-refractivity contribution in [3.63, 3.8) is 0 Å². The molecule has 84 valence electrons. The van der Waals surface area contributed by atoms with Gasteiger partial charge < -0.3 is 5.32 Å². The first-order valence-electron chi connectivity index (χ1n) is 4.64. The summed E-state index contributed by atoms with van der Waals surface area (Å²) in [6.07, 6.45) is 1.46. The Morgan fingerprint density at radius 2 is 2.18 bits per heavy atom. The van der Waals surface area contributed by atoms with Gasteiger partial charge in [0.05, 0.1) is 4.47 Å². The van der Waals surface area contributed by atoms with Gasteiger partial charge in [0, 0.05) is 11.9 Å². The first kappa shape index (κ1) is 11.5. The van der Waals surface area contributed by atoms with Crippen LogP contribution in [0.3, 0.4) is 0 Å². The molecule has 0 saturated carbocycles. The van der Waals surface area contributed by atoms with Gasteiger partial charge in [-0.2, -0.15) is 5.26 Å². The highest BCUT2D eigenvalue weighted by Crippen LogP contribution is 2.20. The Bertz CT molecular complexity index is 594. The molecule has 0 aliphatic heterocycles. The largest absolute Gasteiger partial charge is 0.324 e. The van der Waals surface area contributed by atoms with Crippen LogP contribution in [0, 0.1) is 17.1 Å². The van der Waals surface area contributed by atoms with E-state index >= 15 is 0 Å². The Balaban J connectivity index is 2.25. The van der Waals surface area contributed by atoms with Crippen LogP contribution in [-0.4, -0.2) is 9.97 Å². The molecule has 0 fully saturated rings. The minimum absolute atomic E-state index is 0.250. The Hall–Kier alpha value is -2.00. The summed E-state index contributed by atoms with van der Waals surface area (Å²) in [5, 5.41) is 11.5. The average Bonchev–Trinajstić information content (AvgIpc) is 2.34. The number of benzene rings is 1. The third kappa shape index (κ3) is 2.77. The predicted octanol–water partition coefficient (Wildman–Crippen LogP) is 2.99. The molecule has 0 atom stereocenters. The predicted molar refractivity (Wildman–Crippen MR) is 64.1 cm³/mol. The summed E-state index contributed by atoms with van der Waals surface area (Å²) in [6, 6.07) is 7.96. The quantitative estimate of drug-likeness (QED) is 0.924. The van der Waals surface area contributed by atoms with E-state index in [-0.39, 0.29) is 17.5 Å². The Morgan fingerprint density at radius 3 is 2.88 bits per heavy atom. The molecule has 6 heteroatoms. The maximum absolute atomic E-state index is 13.2. The molecule has 0 bridgehead atoms. The van der Waals surface area contributed by atoms with Crippen LogP contribution in [0.2, 0.25) is 0 Å². The maximum Gasteiger partial charge on any atom is 0.228 e. The summed E-state index contributed by atoms with van der Waals surface area (Å²) in [6.45, 7) is 0. The van der Waals surface area contributed by atoms with Gasteiger partial charge >= 0.3 is 0 Å². The van der Waals surface area contributed by atoms with E-state index < -0.39 is 0 Å². The number of anilines is 2. The van der Waals surface area contributed by atoms with E-state index in [2.05, 4.69) is 31.2 Å². The highest BCUT2D eigenvalue weighted by molar-refractivity contribution is 9.10. The van der Waals surface area contributed by atoms with Crippen LogP contribution < -0.4 is 5.32 Å². The lowest BCUT2D eigenvalue weighted by Crippen LogP contribution is -1.98. The first-order chi connectivity index (χ1) is 8.19. The Labute approximate surface area is 105 Å². The molecule has 0 radical (unpaired) electrons. The van der Waals surface area contributed by atoms with E-state index in [1.165, 1.54) is 18.3 Å². The fourth-order valence-electron chi connectivity index (χ4n) is 1.18. The second-order valence-corrected chi connectivity index (χ2v) is 3.99. The minimum Gasteiger partial charge on any atom is -0.324 e. The molecule has 0 aliphatic rings. The fourth-order valence-corrected chi connectivity index (χ4v) is 1.43. The zero-order chi connectivity index (χ0) is 12.3. The van der Waals surface area contributed by atoms with Crippen LogP contribution in [0.4, 0.5) is 16.0 Å². The van der Waals surface area contributed by atoms with E-state index in [0.717, 1.165) is 0 Å². The van der Waals surface area contributed by atoms with Gasteiger partial charge in [-0.05, 0) is 40.2 Å². The number of aromatic nitrogens is 2. The van der Waals surface area contributed by atoms with Crippen molar-refractivity contribution in [3.8, 4) is 6.07 Å². The molecule has 2 aromatic rings. The highest BCUT2D eigenvalue weighted by atomic mass is 79.9. The van der Waals surface area contributed by atoms with Crippen molar-refractivity contribution in [1.82, 2.24) is 9.97 Å². The summed E-state index contributed by atoms with van der Waals surface area (Å²) in [5.74, 6) is -0.128. The lowest BCUT2D eigenvalue weighted by molar-refractivity contribution is 0.622. The van der Waals surface area contributed by atoms with Crippen LogP contribution >= 0.6 is 15.9 Å². The lowest BCUT2D eigenvalue weighted by atomic mass is 10.3. The van der Waals surface area contributed by atoms with Crippen LogP contribution in [0.25, 0.3) is 0 Å². The zero-order valence-corrected chi connectivity index (χ0v) is 10.1. The van der Waals surface area contributed by atoms with Crippen molar-refractivity contribution < 1.29 is 4.39 Å². The highest BCUT2D eigenvalue weighted by Gasteiger charge is 2.03. The average molecular weight is 293 g/mol. The van der Waals surface area contributed by atoms with Crippen LogP contribution in [0.5, 0.6) is 0 Å². The van der Waals surface area contributed by atoms with Crippen LogP contribution in [0.1, 0.15) is 5.69 Å². The topological polar surface area (TPSA) is 61.6 Å². The van der Waals surface area contributed by atoms with Gasteiger partial charge in [-0.25, -0.2) is 14.4 Å². The second-order valence-electron chi connectivity index (χ2n) is 3.13. The molecular formula is C11H6BrFN4. The molecule has 0 aliphatic carbocycles. The SMILES string of the molecule is N#Cc1ccnc(Nc2ccc(Br)c(F)c2)n1. The third-order valence-corrected chi connectivity index (χ3v) is 2.59. The van der Waals surface area contributed by atoms with Crippen molar-refractivity contribution in [1.29, 1.82) is 5.26 Å². The van der Waals surface area contributed by atoms with Gasteiger partial charge in [-0.3, -0.25) is 0 Å². The monoisotopic (exact) mass is 292 g/mol. The van der Waals surface area contributed by atoms with Crippen molar-refractivity contribution in [3.05, 3.63) is 46.4 Å². The van der Waals surface area contributed by atoms with E-state index in [0.29, 0.717) is 10.2 Å². The summed E-state index contributed by atoms with van der Waals surface area (Å²) < 4.78 is 13.6. The second kappa shape index (κ2) is 4.89. The molecule has 1 aromatic heterocycles. The molecule has 0 unspecified atom stereocenters. The molecule has 1 N–H and O–H groups in total. The smallest absolute Gasteiger partial charge is 0.228 e. The molecule has 0 spiro atoms. The number of nitrogens with zero attached hydrogens (tertiary/aromatic N) is 3. The number of halogens is 2. The van der Waals surface area contributed by atoms with Gasteiger partial charge in [-0.1, -0.05) is 0 Å². The summed E-state index contributed by atoms with van der Waals surface area (Å²) >= 11 is 3.06. The number of hydrogen-bond acceptors (Lipinski definition) is 4. The Morgan fingerprint density at radius 1 is 1.35 bits per heavy atom. The van der Waals surface area contributed by atoms with Gasteiger partial charge in [0.15, 0.2) is 0 Å². The molecule has 4 nitrogen and oxygen atoms in total. The first-order valence-corrected chi connectivity index (χ1v) is 5.43. The van der Waals surface area contributed by atoms with Crippen LogP contribution in [0.15, 0.2) is 34.9 Å². The Kier molecular flexibility index (Phi) is 3.30. The van der Waals surface area contributed by atoms with Crippen molar-refractivity contribution in [2.75, 3.05) is 5.32 Å². The van der Waals surface area contributed by atoms with Crippen molar-refractivity contribution in [2.24, 2.45) is 0 Å². The van der Waals surface area contributed by atoms with Crippen molar-refractivity contribution in [2.45, 2.75) is 0 Å². The van der Waals surface area contributed by atoms with Gasteiger partial charge in [0.25, 0.3) is 0 Å². The van der Waals surface area contributed by atoms with E-state index in [1.807, 2.05) is 6.07 Å². The van der Waals surface area contributed by atoms with Gasteiger partial charge in [0.1, 0.15) is 17.6 Å². The number of nitriles is 1. The third-order valence-electron chi connectivity index (χ3n) is 1.95. The number of hydrogen-bond donors (Lipinski definition) is 1. The minimum atomic E-state index is -0.383. The van der Waals surface area contributed by atoms with E-state index in [1.54, 1.807) is 12.1 Å². The molecule has 0 amide bonds. The van der Waals surface area contributed by atoms with Crippen LogP contribution in [-0.2, 0) is 0 Å². The lowest BCUT2D eigenvalue weighted by Gasteiger charge is -2.05. The normalized spacial score (nSPS) is 9.71. The summed E-state index contributed by atoms with van der Waals surface area (Å²) in [5.41, 5.74) is 0.765. The standard InChI is InChI=1S/C11H6BrFN4/c12-9-2-1-7(5-10(9)13)16-11-15-4-3-8(6-14)17-11/h1-5H,(H,15,16,17). The van der Waals surface area contributed by atoms with Gasteiger partial charge in [0.2, 0.25) is 5.95 Å².